The van der Waals surface area contributed by atoms with Crippen molar-refractivity contribution in [3.8, 4) is 0 Å². The molecule has 0 saturated carbocycles. The molecule has 10 heteroatoms. The lowest BCUT2D eigenvalue weighted by atomic mass is 9.94. The Morgan fingerprint density at radius 2 is 0.862 bits per heavy atom. The Labute approximate surface area is 356 Å². The van der Waals surface area contributed by atoms with Crippen LogP contribution in [0, 0.1) is 11.8 Å². The molecule has 0 heterocycles. The maximum Gasteiger partial charge on any atom is 0.308 e. The minimum Gasteiger partial charge on any atom is -0.465 e. The number of esters is 4. The summed E-state index contributed by atoms with van der Waals surface area (Å²) < 4.78 is 22.6. The van der Waals surface area contributed by atoms with Crippen molar-refractivity contribution < 1.29 is 43.2 Å². The van der Waals surface area contributed by atoms with Gasteiger partial charge in [0.1, 0.15) is 12.7 Å². The van der Waals surface area contributed by atoms with Gasteiger partial charge < -0.3 is 29.0 Å². The molecule has 58 heavy (non-hydrogen) atoms. The van der Waals surface area contributed by atoms with Gasteiger partial charge in [-0.3, -0.25) is 19.2 Å². The molecule has 10 nitrogen and oxygen atoms in total. The number of carbonyl (C=O) groups excluding carboxylic acids is 4. The molecular formula is C48H91NO9. The highest BCUT2D eigenvalue weighted by molar-refractivity contribution is 5.73. The van der Waals surface area contributed by atoms with E-state index in [0.717, 1.165) is 77.0 Å². The summed E-state index contributed by atoms with van der Waals surface area (Å²) in [5.41, 5.74) is 0. The second-order valence-corrected chi connectivity index (χ2v) is 16.7. The number of hydrogen-bond donors (Lipinski definition) is 1. The second kappa shape index (κ2) is 41.5. The maximum absolute atomic E-state index is 12.9. The van der Waals surface area contributed by atoms with Crippen LogP contribution in [-0.4, -0.2) is 86.6 Å². The first-order valence-electron chi connectivity index (χ1n) is 24.2. The molecule has 0 amide bonds. The predicted octanol–water partition coefficient (Wildman–Crippen LogP) is 11.5. The summed E-state index contributed by atoms with van der Waals surface area (Å²) in [5.74, 6) is -0.887. The fourth-order valence-electron chi connectivity index (χ4n) is 7.30. The van der Waals surface area contributed by atoms with Gasteiger partial charge in [-0.2, -0.15) is 0 Å². The van der Waals surface area contributed by atoms with E-state index in [9.17, 15) is 24.3 Å². The van der Waals surface area contributed by atoms with Crippen LogP contribution in [0.25, 0.3) is 0 Å². The van der Waals surface area contributed by atoms with Gasteiger partial charge in [-0.05, 0) is 71.3 Å². The third-order valence-corrected chi connectivity index (χ3v) is 11.1. The molecule has 0 aromatic carbocycles. The van der Waals surface area contributed by atoms with Crippen molar-refractivity contribution >= 4 is 23.9 Å². The second-order valence-electron chi connectivity index (χ2n) is 16.7. The number of rotatable bonds is 43. The largest absolute Gasteiger partial charge is 0.465 e. The normalized spacial score (nSPS) is 12.9. The van der Waals surface area contributed by atoms with E-state index in [2.05, 4.69) is 27.7 Å². The zero-order valence-corrected chi connectivity index (χ0v) is 38.3. The number of carbonyl (C=O) groups is 4. The fraction of sp³-hybridized carbons (Fsp3) is 0.917. The third-order valence-electron chi connectivity index (χ3n) is 11.1. The molecule has 0 aliphatic heterocycles. The van der Waals surface area contributed by atoms with E-state index < -0.39 is 6.10 Å². The molecule has 342 valence electrons. The fourth-order valence-corrected chi connectivity index (χ4v) is 7.30. The van der Waals surface area contributed by atoms with Gasteiger partial charge in [-0.1, -0.05) is 143 Å². The summed E-state index contributed by atoms with van der Waals surface area (Å²) in [4.78, 5) is 53.0. The first-order chi connectivity index (χ1) is 28.2. The Balaban J connectivity index is 4.56. The van der Waals surface area contributed by atoms with Crippen LogP contribution < -0.4 is 0 Å². The van der Waals surface area contributed by atoms with Crippen LogP contribution in [0.1, 0.15) is 220 Å². The molecule has 0 aliphatic rings. The molecule has 3 unspecified atom stereocenters. The number of hydrogen-bond acceptors (Lipinski definition) is 10. The summed E-state index contributed by atoms with van der Waals surface area (Å²) in [6.45, 7) is 10.2. The van der Waals surface area contributed by atoms with Gasteiger partial charge in [0.25, 0.3) is 0 Å². The van der Waals surface area contributed by atoms with E-state index in [-0.39, 0.29) is 61.8 Å². The Morgan fingerprint density at radius 1 is 0.483 bits per heavy atom. The number of likely N-dealkylation sites (N-methyl/N-ethyl adjacent to an activating group) is 1. The van der Waals surface area contributed by atoms with Crippen molar-refractivity contribution in [3.05, 3.63) is 0 Å². The van der Waals surface area contributed by atoms with Crippen LogP contribution in [0.2, 0.25) is 0 Å². The molecule has 0 aliphatic carbocycles. The minimum absolute atomic E-state index is 0.0131. The van der Waals surface area contributed by atoms with E-state index in [4.69, 9.17) is 18.9 Å². The predicted molar refractivity (Wildman–Crippen MR) is 236 cm³/mol. The maximum atomic E-state index is 12.9. The number of nitrogens with zero attached hydrogens (tertiary/aromatic N) is 1. The highest BCUT2D eigenvalue weighted by atomic mass is 16.6. The Hall–Kier alpha value is -2.20. The SMILES string of the molecule is CCCCCCCC(CCCCCC)C(=O)OCCCCCC(=O)OCC(CN(C)CCO)OC(=O)CCCCCOC(=O)C(CCCCCC)CCCCCCC. The number of unbranched alkanes of at least 4 members (excludes halogenated alkanes) is 18. The number of ether oxygens (including phenoxy) is 4. The zero-order chi connectivity index (χ0) is 42.9. The molecule has 0 bridgehead atoms. The smallest absolute Gasteiger partial charge is 0.308 e. The van der Waals surface area contributed by atoms with Crippen molar-refractivity contribution in [2.45, 2.75) is 226 Å². The van der Waals surface area contributed by atoms with Gasteiger partial charge in [0.15, 0.2) is 0 Å². The highest BCUT2D eigenvalue weighted by Gasteiger charge is 2.22. The summed E-state index contributed by atoms with van der Waals surface area (Å²) in [7, 11) is 1.82. The minimum atomic E-state index is -0.647. The molecule has 0 fully saturated rings. The first-order valence-corrected chi connectivity index (χ1v) is 24.2. The van der Waals surface area contributed by atoms with Gasteiger partial charge in [0.2, 0.25) is 0 Å². The molecule has 0 aromatic heterocycles. The van der Waals surface area contributed by atoms with Gasteiger partial charge in [-0.15, -0.1) is 0 Å². The van der Waals surface area contributed by atoms with Gasteiger partial charge in [0.05, 0.1) is 31.7 Å². The van der Waals surface area contributed by atoms with Crippen molar-refractivity contribution in [1.82, 2.24) is 4.90 Å². The van der Waals surface area contributed by atoms with Crippen molar-refractivity contribution in [2.75, 3.05) is 46.6 Å². The molecule has 0 rings (SSSR count). The summed E-state index contributed by atoms with van der Waals surface area (Å²) in [5, 5.41) is 9.36. The quantitative estimate of drug-likeness (QED) is 0.0360. The van der Waals surface area contributed by atoms with Gasteiger partial charge in [0, 0.05) is 25.9 Å². The van der Waals surface area contributed by atoms with Crippen molar-refractivity contribution in [1.29, 1.82) is 0 Å². The monoisotopic (exact) mass is 826 g/mol. The van der Waals surface area contributed by atoms with E-state index in [1.807, 2.05) is 11.9 Å². The van der Waals surface area contributed by atoms with Gasteiger partial charge in [-0.25, -0.2) is 0 Å². The van der Waals surface area contributed by atoms with Crippen LogP contribution in [0.5, 0.6) is 0 Å². The summed E-state index contributed by atoms with van der Waals surface area (Å²) in [6, 6.07) is 0. The number of aliphatic hydroxyl groups excluding tert-OH is 1. The molecule has 1 N–H and O–H groups in total. The van der Waals surface area contributed by atoms with Crippen LogP contribution in [-0.2, 0) is 38.1 Å². The average Bonchev–Trinajstić information content (AvgIpc) is 3.20. The first kappa shape index (κ1) is 55.8. The standard InChI is InChI=1S/C48H91NO9/c1-6-10-14-18-24-32-42(30-22-16-12-8-3)47(53)55-38-28-20-26-34-45(51)57-41-44(40-49(5)36-37-50)58-46(52)35-27-21-29-39-56-48(54)43(31-23-17-13-9-4)33-25-19-15-11-7-2/h42-44,50H,6-41H2,1-5H3. The van der Waals surface area contributed by atoms with Crippen molar-refractivity contribution in [3.63, 3.8) is 0 Å². The van der Waals surface area contributed by atoms with E-state index in [1.54, 1.807) is 0 Å². The third kappa shape index (κ3) is 34.6. The molecular weight excluding hydrogens is 735 g/mol. The lowest BCUT2D eigenvalue weighted by Gasteiger charge is -2.23. The van der Waals surface area contributed by atoms with Crippen LogP contribution in [0.3, 0.4) is 0 Å². The number of aliphatic hydroxyl groups is 1. The molecule has 3 atom stereocenters. The lowest BCUT2D eigenvalue weighted by molar-refractivity contribution is -0.160. The van der Waals surface area contributed by atoms with Crippen LogP contribution >= 0.6 is 0 Å². The van der Waals surface area contributed by atoms with E-state index >= 15 is 0 Å². The van der Waals surface area contributed by atoms with Crippen LogP contribution in [0.4, 0.5) is 0 Å². The average molecular weight is 826 g/mol. The summed E-state index contributed by atoms with van der Waals surface area (Å²) in [6.07, 6.45) is 28.6. The lowest BCUT2D eigenvalue weighted by Crippen LogP contribution is -2.37. The molecule has 0 spiro atoms. The van der Waals surface area contributed by atoms with Crippen LogP contribution in [0.15, 0.2) is 0 Å². The Bertz CT molecular complexity index is 977. The van der Waals surface area contributed by atoms with E-state index in [0.29, 0.717) is 52.0 Å². The Kier molecular flexibility index (Phi) is 40.0. The van der Waals surface area contributed by atoms with Crippen molar-refractivity contribution in [2.24, 2.45) is 11.8 Å². The molecule has 0 saturated heterocycles. The molecule has 0 radical (unpaired) electrons. The Morgan fingerprint density at radius 3 is 1.28 bits per heavy atom. The summed E-state index contributed by atoms with van der Waals surface area (Å²) >= 11 is 0. The highest BCUT2D eigenvalue weighted by Crippen LogP contribution is 2.22. The van der Waals surface area contributed by atoms with Gasteiger partial charge >= 0.3 is 23.9 Å². The van der Waals surface area contributed by atoms with E-state index in [1.165, 1.54) is 77.0 Å². The topological polar surface area (TPSA) is 129 Å². The zero-order valence-electron chi connectivity index (χ0n) is 38.3. The molecule has 0 aromatic rings.